The zero-order valence-corrected chi connectivity index (χ0v) is 11.5. The quantitative estimate of drug-likeness (QED) is 0.937. The molecule has 0 aliphatic rings. The van der Waals surface area contributed by atoms with Gasteiger partial charge in [-0.25, -0.2) is 9.97 Å². The van der Waals surface area contributed by atoms with E-state index < -0.39 is 0 Å². The molecule has 1 amide bonds. The van der Waals surface area contributed by atoms with Crippen LogP contribution < -0.4 is 5.32 Å². The second kappa shape index (κ2) is 5.80. The molecule has 1 N–H and O–H groups in total. The van der Waals surface area contributed by atoms with Crippen LogP contribution in [0.4, 0.5) is 5.82 Å². The van der Waals surface area contributed by atoms with Crippen molar-refractivity contribution >= 4 is 23.3 Å². The largest absolute Gasteiger partial charge is 0.308 e. The van der Waals surface area contributed by atoms with Gasteiger partial charge in [-0.05, 0) is 25.0 Å². The molecule has 0 saturated heterocycles. The van der Waals surface area contributed by atoms with Gasteiger partial charge in [0, 0.05) is 12.4 Å². The average molecular weight is 276 g/mol. The fourth-order valence-electron chi connectivity index (χ4n) is 1.74. The standard InChI is InChI=1S/C14H14ClN3O/c1-9-3-4-10(2)11(7-9)8-12(19)18-14-13(15)16-5-6-17-14/h3-7H,8H2,1-2H3,(H,17,18,19). The summed E-state index contributed by atoms with van der Waals surface area (Å²) in [5.74, 6) is 0.135. The number of hydrogen-bond acceptors (Lipinski definition) is 3. The van der Waals surface area contributed by atoms with Crippen molar-refractivity contribution in [2.24, 2.45) is 0 Å². The van der Waals surface area contributed by atoms with Crippen LogP contribution >= 0.6 is 11.6 Å². The lowest BCUT2D eigenvalue weighted by molar-refractivity contribution is -0.115. The molecule has 1 heterocycles. The number of carbonyl (C=O) groups excluding carboxylic acids is 1. The van der Waals surface area contributed by atoms with E-state index in [1.165, 1.54) is 12.4 Å². The molecule has 0 spiro atoms. The Morgan fingerprint density at radius 1 is 1.26 bits per heavy atom. The van der Waals surface area contributed by atoms with E-state index in [9.17, 15) is 4.79 Å². The van der Waals surface area contributed by atoms with Gasteiger partial charge < -0.3 is 5.32 Å². The Morgan fingerprint density at radius 3 is 2.74 bits per heavy atom. The van der Waals surface area contributed by atoms with Crippen molar-refractivity contribution in [2.75, 3.05) is 5.32 Å². The minimum atomic E-state index is -0.156. The van der Waals surface area contributed by atoms with Gasteiger partial charge in [-0.15, -0.1) is 0 Å². The minimum absolute atomic E-state index is 0.156. The van der Waals surface area contributed by atoms with Crippen LogP contribution in [0.5, 0.6) is 0 Å². The van der Waals surface area contributed by atoms with E-state index in [0.717, 1.165) is 16.7 Å². The molecule has 0 aliphatic carbocycles. The first-order chi connectivity index (χ1) is 9.06. The topological polar surface area (TPSA) is 54.9 Å². The molecule has 0 fully saturated rings. The lowest BCUT2D eigenvalue weighted by Gasteiger charge is -2.08. The number of nitrogens with one attached hydrogen (secondary N) is 1. The molecule has 1 aromatic heterocycles. The summed E-state index contributed by atoms with van der Waals surface area (Å²) in [4.78, 5) is 19.8. The van der Waals surface area contributed by atoms with Crippen LogP contribution in [0.25, 0.3) is 0 Å². The van der Waals surface area contributed by atoms with Crippen LogP contribution in [-0.4, -0.2) is 15.9 Å². The molecule has 4 nitrogen and oxygen atoms in total. The molecule has 2 aromatic rings. The normalized spacial score (nSPS) is 10.3. The first-order valence-electron chi connectivity index (χ1n) is 5.89. The van der Waals surface area contributed by atoms with E-state index in [0.29, 0.717) is 12.2 Å². The summed E-state index contributed by atoms with van der Waals surface area (Å²) in [5, 5.41) is 2.85. The third-order valence-electron chi connectivity index (χ3n) is 2.77. The summed E-state index contributed by atoms with van der Waals surface area (Å²) in [5.41, 5.74) is 3.22. The summed E-state index contributed by atoms with van der Waals surface area (Å²) in [6, 6.07) is 6.04. The fraction of sp³-hybridized carbons (Fsp3) is 0.214. The molecule has 0 aliphatic heterocycles. The van der Waals surface area contributed by atoms with Gasteiger partial charge in [0.15, 0.2) is 11.0 Å². The Labute approximate surface area is 116 Å². The number of aryl methyl sites for hydroxylation is 2. The van der Waals surface area contributed by atoms with E-state index in [2.05, 4.69) is 15.3 Å². The van der Waals surface area contributed by atoms with Gasteiger partial charge in [-0.2, -0.15) is 0 Å². The minimum Gasteiger partial charge on any atom is -0.308 e. The van der Waals surface area contributed by atoms with Crippen LogP contribution in [0, 0.1) is 13.8 Å². The Hall–Kier alpha value is -1.94. The maximum absolute atomic E-state index is 12.0. The lowest BCUT2D eigenvalue weighted by atomic mass is 10.0. The molecular weight excluding hydrogens is 262 g/mol. The van der Waals surface area contributed by atoms with Crippen molar-refractivity contribution in [3.63, 3.8) is 0 Å². The van der Waals surface area contributed by atoms with Gasteiger partial charge in [0.05, 0.1) is 6.42 Å². The zero-order chi connectivity index (χ0) is 13.8. The van der Waals surface area contributed by atoms with Crippen molar-refractivity contribution in [2.45, 2.75) is 20.3 Å². The third kappa shape index (κ3) is 3.51. The molecule has 0 radical (unpaired) electrons. The summed E-state index contributed by atoms with van der Waals surface area (Å²) in [7, 11) is 0. The summed E-state index contributed by atoms with van der Waals surface area (Å²) in [6.07, 6.45) is 3.25. The predicted molar refractivity (Wildman–Crippen MR) is 75.3 cm³/mol. The highest BCUT2D eigenvalue weighted by molar-refractivity contribution is 6.32. The lowest BCUT2D eigenvalue weighted by Crippen LogP contribution is -2.16. The van der Waals surface area contributed by atoms with Gasteiger partial charge in [0.1, 0.15) is 0 Å². The molecule has 0 atom stereocenters. The first-order valence-corrected chi connectivity index (χ1v) is 6.26. The first kappa shape index (κ1) is 13.5. The van der Waals surface area contributed by atoms with Gasteiger partial charge >= 0.3 is 0 Å². The van der Waals surface area contributed by atoms with Crippen molar-refractivity contribution in [3.05, 3.63) is 52.4 Å². The van der Waals surface area contributed by atoms with E-state index in [1.807, 2.05) is 32.0 Å². The highest BCUT2D eigenvalue weighted by Gasteiger charge is 2.09. The molecule has 0 saturated carbocycles. The van der Waals surface area contributed by atoms with E-state index >= 15 is 0 Å². The van der Waals surface area contributed by atoms with Crippen molar-refractivity contribution in [3.8, 4) is 0 Å². The van der Waals surface area contributed by atoms with Crippen LogP contribution in [0.1, 0.15) is 16.7 Å². The van der Waals surface area contributed by atoms with Crippen LogP contribution in [-0.2, 0) is 11.2 Å². The number of halogens is 1. The molecule has 0 bridgehead atoms. The summed E-state index contributed by atoms with van der Waals surface area (Å²) >= 11 is 5.84. The highest BCUT2D eigenvalue weighted by Crippen LogP contribution is 2.16. The van der Waals surface area contributed by atoms with Gasteiger partial charge in [0.2, 0.25) is 5.91 Å². The van der Waals surface area contributed by atoms with Gasteiger partial charge in [-0.1, -0.05) is 35.4 Å². The number of rotatable bonds is 3. The summed E-state index contributed by atoms with van der Waals surface area (Å²) < 4.78 is 0. The molecule has 2 rings (SSSR count). The van der Waals surface area contributed by atoms with Crippen molar-refractivity contribution < 1.29 is 4.79 Å². The van der Waals surface area contributed by atoms with Crippen molar-refractivity contribution in [1.29, 1.82) is 0 Å². The number of amides is 1. The Balaban J connectivity index is 2.10. The maximum atomic E-state index is 12.0. The average Bonchev–Trinajstić information content (AvgIpc) is 2.37. The Morgan fingerprint density at radius 2 is 2.00 bits per heavy atom. The number of carbonyl (C=O) groups is 1. The second-order valence-electron chi connectivity index (χ2n) is 4.35. The predicted octanol–water partition coefficient (Wildman–Crippen LogP) is 2.93. The monoisotopic (exact) mass is 275 g/mol. The number of nitrogens with zero attached hydrogens (tertiary/aromatic N) is 2. The highest BCUT2D eigenvalue weighted by atomic mass is 35.5. The number of anilines is 1. The molecule has 98 valence electrons. The molecular formula is C14H14ClN3O. The molecule has 5 heteroatoms. The second-order valence-corrected chi connectivity index (χ2v) is 4.71. The van der Waals surface area contributed by atoms with E-state index in [4.69, 9.17) is 11.6 Å². The van der Waals surface area contributed by atoms with Crippen molar-refractivity contribution in [1.82, 2.24) is 9.97 Å². The van der Waals surface area contributed by atoms with E-state index in [-0.39, 0.29) is 11.1 Å². The molecule has 19 heavy (non-hydrogen) atoms. The van der Waals surface area contributed by atoms with Crippen LogP contribution in [0.15, 0.2) is 30.6 Å². The van der Waals surface area contributed by atoms with E-state index in [1.54, 1.807) is 0 Å². The number of hydrogen-bond donors (Lipinski definition) is 1. The fourth-order valence-corrected chi connectivity index (χ4v) is 1.90. The smallest absolute Gasteiger partial charge is 0.230 e. The summed E-state index contributed by atoms with van der Waals surface area (Å²) in [6.45, 7) is 3.98. The molecule has 1 aromatic carbocycles. The van der Waals surface area contributed by atoms with Gasteiger partial charge in [-0.3, -0.25) is 4.79 Å². The zero-order valence-electron chi connectivity index (χ0n) is 10.8. The molecule has 0 unspecified atom stereocenters. The Kier molecular flexibility index (Phi) is 4.12. The number of aromatic nitrogens is 2. The van der Waals surface area contributed by atoms with Crippen LogP contribution in [0.2, 0.25) is 5.15 Å². The number of benzene rings is 1. The third-order valence-corrected chi connectivity index (χ3v) is 3.04. The SMILES string of the molecule is Cc1ccc(C)c(CC(=O)Nc2nccnc2Cl)c1. The Bertz CT molecular complexity index is 613. The van der Waals surface area contributed by atoms with Crippen LogP contribution in [0.3, 0.4) is 0 Å². The van der Waals surface area contributed by atoms with Gasteiger partial charge in [0.25, 0.3) is 0 Å². The maximum Gasteiger partial charge on any atom is 0.230 e.